The molecule has 0 radical (unpaired) electrons. The van der Waals surface area contributed by atoms with E-state index in [0.717, 1.165) is 0 Å². The number of para-hydroxylation sites is 1. The second kappa shape index (κ2) is 5.34. The number of nitro benzene ring substituents is 1. The number of ether oxygens (including phenoxy) is 1. The second-order valence-electron chi connectivity index (χ2n) is 3.90. The van der Waals surface area contributed by atoms with Crippen LogP contribution in [0.25, 0.3) is 0 Å². The van der Waals surface area contributed by atoms with Gasteiger partial charge in [-0.1, -0.05) is 30.4 Å². The molecule has 0 fully saturated rings. The lowest BCUT2D eigenvalue weighted by atomic mass is 9.96. The Kier molecular flexibility index (Phi) is 3.61. The predicted octanol–water partition coefficient (Wildman–Crippen LogP) is 2.79. The zero-order chi connectivity index (χ0) is 13.8. The van der Waals surface area contributed by atoms with Crippen LogP contribution in [-0.2, 0) is 4.74 Å². The molecule has 0 saturated carbocycles. The van der Waals surface area contributed by atoms with E-state index in [1.165, 1.54) is 30.5 Å². The van der Waals surface area contributed by atoms with Crippen LogP contribution in [0.15, 0.2) is 48.8 Å². The van der Waals surface area contributed by atoms with Crippen molar-refractivity contribution >= 4 is 11.8 Å². The van der Waals surface area contributed by atoms with E-state index in [-0.39, 0.29) is 11.6 Å². The van der Waals surface area contributed by atoms with Gasteiger partial charge >= 0.3 is 6.09 Å². The molecule has 1 aromatic carbocycles. The van der Waals surface area contributed by atoms with Gasteiger partial charge in [0.15, 0.2) is 0 Å². The van der Waals surface area contributed by atoms with E-state index in [1.54, 1.807) is 30.4 Å². The summed E-state index contributed by atoms with van der Waals surface area (Å²) in [4.78, 5) is 23.1. The van der Waals surface area contributed by atoms with Crippen molar-refractivity contribution < 1.29 is 14.5 Å². The number of nitro groups is 1. The van der Waals surface area contributed by atoms with Crippen molar-refractivity contribution in [1.82, 2.24) is 4.90 Å². The van der Waals surface area contributed by atoms with Crippen molar-refractivity contribution in [2.75, 3.05) is 7.11 Å². The molecule has 6 heteroatoms. The lowest BCUT2D eigenvalue weighted by Crippen LogP contribution is -2.21. The van der Waals surface area contributed by atoms with Gasteiger partial charge in [0, 0.05) is 29.9 Å². The van der Waals surface area contributed by atoms with Gasteiger partial charge in [-0.15, -0.1) is 0 Å². The summed E-state index contributed by atoms with van der Waals surface area (Å²) >= 11 is 0. The summed E-state index contributed by atoms with van der Waals surface area (Å²) in [6, 6.07) is 6.53. The summed E-state index contributed by atoms with van der Waals surface area (Å²) in [6.07, 6.45) is 5.98. The Bertz CT molecular complexity index is 552. The Balaban J connectivity index is 2.25. The van der Waals surface area contributed by atoms with E-state index in [1.807, 2.05) is 0 Å². The smallest absolute Gasteiger partial charge is 0.417 e. The number of nitrogens with zero attached hydrogens (tertiary/aromatic N) is 2. The van der Waals surface area contributed by atoms with Crippen molar-refractivity contribution in [3.8, 4) is 0 Å². The average molecular weight is 260 g/mol. The van der Waals surface area contributed by atoms with E-state index in [2.05, 4.69) is 4.74 Å². The molecule has 1 aromatic rings. The number of methoxy groups -OCH3 is 1. The third-order valence-corrected chi connectivity index (χ3v) is 2.79. The Morgan fingerprint density at radius 1 is 1.32 bits per heavy atom. The summed E-state index contributed by atoms with van der Waals surface area (Å²) in [6.45, 7) is 0. The largest absolute Gasteiger partial charge is 0.452 e. The molecule has 98 valence electrons. The molecule has 0 unspecified atom stereocenters. The number of amides is 1. The Morgan fingerprint density at radius 2 is 1.95 bits per heavy atom. The van der Waals surface area contributed by atoms with Crippen LogP contribution >= 0.6 is 0 Å². The second-order valence-corrected chi connectivity index (χ2v) is 3.90. The number of carbonyl (C=O) groups excluding carboxylic acids is 1. The van der Waals surface area contributed by atoms with E-state index in [0.29, 0.717) is 5.56 Å². The van der Waals surface area contributed by atoms with Gasteiger partial charge in [0.05, 0.1) is 12.0 Å². The minimum atomic E-state index is -0.506. The van der Waals surface area contributed by atoms with E-state index < -0.39 is 11.0 Å². The number of allylic oxidation sites excluding steroid dienone is 2. The number of hydrogen-bond acceptors (Lipinski definition) is 4. The normalized spacial score (nSPS) is 14.5. The maximum absolute atomic E-state index is 11.3. The number of hydrogen-bond donors (Lipinski definition) is 0. The highest BCUT2D eigenvalue weighted by atomic mass is 16.6. The maximum atomic E-state index is 11.3. The molecule has 0 atom stereocenters. The minimum Gasteiger partial charge on any atom is -0.452 e. The van der Waals surface area contributed by atoms with Crippen LogP contribution in [-0.4, -0.2) is 23.0 Å². The molecule has 0 spiro atoms. The van der Waals surface area contributed by atoms with Gasteiger partial charge in [-0.05, 0) is 0 Å². The summed E-state index contributed by atoms with van der Waals surface area (Å²) in [5, 5.41) is 11.0. The maximum Gasteiger partial charge on any atom is 0.417 e. The van der Waals surface area contributed by atoms with Crippen molar-refractivity contribution in [2.45, 2.75) is 5.92 Å². The van der Waals surface area contributed by atoms with Crippen LogP contribution in [0.1, 0.15) is 11.5 Å². The number of carbonyl (C=O) groups is 1. The summed E-state index contributed by atoms with van der Waals surface area (Å²) < 4.78 is 4.57. The lowest BCUT2D eigenvalue weighted by Gasteiger charge is -2.18. The van der Waals surface area contributed by atoms with Gasteiger partial charge < -0.3 is 4.74 Å². The summed E-state index contributed by atoms with van der Waals surface area (Å²) in [5.74, 6) is -0.234. The van der Waals surface area contributed by atoms with E-state index >= 15 is 0 Å². The third-order valence-electron chi connectivity index (χ3n) is 2.79. The van der Waals surface area contributed by atoms with Crippen molar-refractivity contribution in [1.29, 1.82) is 0 Å². The van der Waals surface area contributed by atoms with Gasteiger partial charge in [0.2, 0.25) is 0 Å². The Labute approximate surface area is 109 Å². The highest BCUT2D eigenvalue weighted by molar-refractivity contribution is 5.70. The molecular weight excluding hydrogens is 248 g/mol. The zero-order valence-electron chi connectivity index (χ0n) is 10.2. The van der Waals surface area contributed by atoms with Crippen LogP contribution in [0.3, 0.4) is 0 Å². The van der Waals surface area contributed by atoms with Crippen LogP contribution in [0, 0.1) is 10.1 Å². The van der Waals surface area contributed by atoms with Crippen molar-refractivity contribution in [2.24, 2.45) is 0 Å². The van der Waals surface area contributed by atoms with Gasteiger partial charge in [0.1, 0.15) is 0 Å². The van der Waals surface area contributed by atoms with E-state index in [4.69, 9.17) is 0 Å². The monoisotopic (exact) mass is 260 g/mol. The molecule has 0 saturated heterocycles. The average Bonchev–Trinajstić information content (AvgIpc) is 2.46. The first-order valence-corrected chi connectivity index (χ1v) is 5.59. The molecule has 1 aliphatic heterocycles. The Morgan fingerprint density at radius 3 is 2.53 bits per heavy atom. The van der Waals surface area contributed by atoms with Crippen LogP contribution in [0.2, 0.25) is 0 Å². The molecule has 6 nitrogen and oxygen atoms in total. The fourth-order valence-corrected chi connectivity index (χ4v) is 1.85. The molecule has 1 heterocycles. The highest BCUT2D eigenvalue weighted by Gasteiger charge is 2.21. The molecule has 2 rings (SSSR count). The van der Waals surface area contributed by atoms with Crippen LogP contribution < -0.4 is 0 Å². The SMILES string of the molecule is COC(=O)N1C=CC(c2ccccc2[N+](=O)[O-])C=C1. The lowest BCUT2D eigenvalue weighted by molar-refractivity contribution is -0.385. The third kappa shape index (κ3) is 2.62. The minimum absolute atomic E-state index is 0.0633. The van der Waals surface area contributed by atoms with Crippen LogP contribution in [0.5, 0.6) is 0 Å². The van der Waals surface area contributed by atoms with Crippen molar-refractivity contribution in [3.05, 3.63) is 64.5 Å². The molecule has 1 amide bonds. The Hall–Kier alpha value is -2.63. The molecular formula is C13H12N2O4. The fraction of sp³-hybridized carbons (Fsp3) is 0.154. The highest BCUT2D eigenvalue weighted by Crippen LogP contribution is 2.30. The summed E-state index contributed by atoms with van der Waals surface area (Å²) in [5.41, 5.74) is 0.651. The van der Waals surface area contributed by atoms with Gasteiger partial charge in [0.25, 0.3) is 5.69 Å². The molecule has 0 aliphatic carbocycles. The predicted molar refractivity (Wildman–Crippen MR) is 68.4 cm³/mol. The molecule has 0 aromatic heterocycles. The molecule has 19 heavy (non-hydrogen) atoms. The first-order valence-electron chi connectivity index (χ1n) is 5.59. The number of rotatable bonds is 2. The quantitative estimate of drug-likeness (QED) is 0.605. The first kappa shape index (κ1) is 12.8. The van der Waals surface area contributed by atoms with Gasteiger partial charge in [-0.3, -0.25) is 15.0 Å². The van der Waals surface area contributed by atoms with Crippen LogP contribution in [0.4, 0.5) is 10.5 Å². The molecule has 1 aliphatic rings. The zero-order valence-corrected chi connectivity index (χ0v) is 10.2. The first-order chi connectivity index (χ1) is 9.13. The van der Waals surface area contributed by atoms with Gasteiger partial charge in [-0.2, -0.15) is 0 Å². The summed E-state index contributed by atoms with van der Waals surface area (Å²) in [7, 11) is 1.29. The topological polar surface area (TPSA) is 72.7 Å². The van der Waals surface area contributed by atoms with Crippen molar-refractivity contribution in [3.63, 3.8) is 0 Å². The standard InChI is InChI=1S/C13H12N2O4/c1-19-13(16)14-8-6-10(7-9-14)11-4-2-3-5-12(11)15(17)18/h2-10H,1H3. The molecule has 0 N–H and O–H groups in total. The van der Waals surface area contributed by atoms with E-state index in [9.17, 15) is 14.9 Å². The molecule has 0 bridgehead atoms. The number of benzene rings is 1. The fourth-order valence-electron chi connectivity index (χ4n) is 1.85. The van der Waals surface area contributed by atoms with Gasteiger partial charge in [-0.25, -0.2) is 4.79 Å².